The monoisotopic (exact) mass is 310 g/mol. The van der Waals surface area contributed by atoms with E-state index in [0.29, 0.717) is 10.7 Å². The van der Waals surface area contributed by atoms with Crippen LogP contribution in [0, 0.1) is 0 Å². The fourth-order valence-electron chi connectivity index (χ4n) is 2.59. The average Bonchev–Trinajstić information content (AvgIpc) is 3.07. The lowest BCUT2D eigenvalue weighted by atomic mass is 10.1. The molecule has 2 rings (SSSR count). The van der Waals surface area contributed by atoms with E-state index in [4.69, 9.17) is 5.73 Å². The fourth-order valence-corrected chi connectivity index (χ4v) is 3.53. The number of amides is 1. The van der Waals surface area contributed by atoms with Gasteiger partial charge in [-0.15, -0.1) is 0 Å². The number of anilines is 2. The van der Waals surface area contributed by atoms with E-state index in [0.717, 1.165) is 31.1 Å². The lowest BCUT2D eigenvalue weighted by Crippen LogP contribution is -2.32. The lowest BCUT2D eigenvalue weighted by Gasteiger charge is -2.13. The van der Waals surface area contributed by atoms with E-state index >= 15 is 0 Å². The van der Waals surface area contributed by atoms with Crippen LogP contribution in [0.2, 0.25) is 0 Å². The summed E-state index contributed by atoms with van der Waals surface area (Å²) in [5.74, 6) is 0.277. The van der Waals surface area contributed by atoms with Crippen LogP contribution in [0.5, 0.6) is 0 Å². The van der Waals surface area contributed by atoms with Gasteiger partial charge in [-0.05, 0) is 26.2 Å². The first kappa shape index (κ1) is 16.1. The number of hydrogen-bond donors (Lipinski definition) is 2. The van der Waals surface area contributed by atoms with Crippen molar-refractivity contribution in [2.75, 3.05) is 23.7 Å². The first-order valence-corrected chi connectivity index (χ1v) is 8.75. The molecule has 1 fully saturated rings. The second-order valence-corrected chi connectivity index (χ2v) is 6.75. The Morgan fingerprint density at radius 1 is 1.43 bits per heavy atom. The number of hydrogen-bond acceptors (Lipinski definition) is 5. The number of nitrogens with one attached hydrogen (secondary N) is 1. The Balaban J connectivity index is 1.92. The van der Waals surface area contributed by atoms with Crippen molar-refractivity contribution >= 4 is 28.2 Å². The zero-order valence-electron chi connectivity index (χ0n) is 13.0. The molecule has 1 atom stereocenters. The number of aromatic nitrogens is 1. The molecular weight excluding hydrogens is 284 g/mol. The Bertz CT molecular complexity index is 468. The maximum absolute atomic E-state index is 12.3. The standard InChI is InChI=1S/C15H26N4OS/c1-3-4-5-8-11(2)17-14(20)12-13(16)18-15(21-12)19-9-6-7-10-19/h11H,3-10,16H2,1-2H3,(H,17,20). The molecule has 1 saturated heterocycles. The van der Waals surface area contributed by atoms with Crippen molar-refractivity contribution in [3.05, 3.63) is 4.88 Å². The molecule has 1 amide bonds. The number of carbonyl (C=O) groups is 1. The summed E-state index contributed by atoms with van der Waals surface area (Å²) in [5.41, 5.74) is 5.92. The highest BCUT2D eigenvalue weighted by Gasteiger charge is 2.22. The lowest BCUT2D eigenvalue weighted by molar-refractivity contribution is 0.0942. The molecule has 0 saturated carbocycles. The molecule has 1 unspecified atom stereocenters. The number of unbranched alkanes of at least 4 members (excludes halogenated alkanes) is 2. The van der Waals surface area contributed by atoms with Crippen molar-refractivity contribution in [1.82, 2.24) is 10.3 Å². The summed E-state index contributed by atoms with van der Waals surface area (Å²) in [4.78, 5) is 19.4. The van der Waals surface area contributed by atoms with Crippen LogP contribution in [-0.2, 0) is 0 Å². The number of nitrogen functional groups attached to an aromatic ring is 1. The first-order chi connectivity index (χ1) is 10.1. The second kappa shape index (κ2) is 7.64. The van der Waals surface area contributed by atoms with Crippen LogP contribution in [0.15, 0.2) is 0 Å². The minimum absolute atomic E-state index is 0.0838. The molecule has 2 heterocycles. The molecule has 1 aliphatic heterocycles. The molecule has 0 aromatic carbocycles. The van der Waals surface area contributed by atoms with Gasteiger partial charge in [-0.1, -0.05) is 37.5 Å². The van der Waals surface area contributed by atoms with E-state index in [-0.39, 0.29) is 11.9 Å². The van der Waals surface area contributed by atoms with Crippen molar-refractivity contribution in [2.24, 2.45) is 0 Å². The Morgan fingerprint density at radius 3 is 2.81 bits per heavy atom. The smallest absolute Gasteiger partial charge is 0.265 e. The zero-order chi connectivity index (χ0) is 15.2. The second-order valence-electron chi connectivity index (χ2n) is 5.78. The molecule has 1 aliphatic rings. The quantitative estimate of drug-likeness (QED) is 0.759. The summed E-state index contributed by atoms with van der Waals surface area (Å²) in [6.07, 6.45) is 6.95. The van der Waals surface area contributed by atoms with Crippen LogP contribution in [0.3, 0.4) is 0 Å². The Hall–Kier alpha value is -1.30. The maximum atomic E-state index is 12.3. The van der Waals surface area contributed by atoms with Crippen LogP contribution < -0.4 is 16.0 Å². The van der Waals surface area contributed by atoms with E-state index < -0.39 is 0 Å². The number of nitrogens with zero attached hydrogens (tertiary/aromatic N) is 2. The number of rotatable bonds is 7. The molecule has 0 radical (unpaired) electrons. The minimum Gasteiger partial charge on any atom is -0.382 e. The van der Waals surface area contributed by atoms with E-state index in [1.165, 1.54) is 37.0 Å². The summed E-state index contributed by atoms with van der Waals surface area (Å²) in [7, 11) is 0. The average molecular weight is 310 g/mol. The van der Waals surface area contributed by atoms with Gasteiger partial charge in [0.2, 0.25) is 0 Å². The van der Waals surface area contributed by atoms with E-state index in [9.17, 15) is 4.79 Å². The highest BCUT2D eigenvalue weighted by molar-refractivity contribution is 7.18. The normalized spacial score (nSPS) is 16.2. The van der Waals surface area contributed by atoms with Crippen LogP contribution in [0.4, 0.5) is 10.9 Å². The molecule has 0 aliphatic carbocycles. The van der Waals surface area contributed by atoms with Crippen molar-refractivity contribution < 1.29 is 4.79 Å². The van der Waals surface area contributed by atoms with Crippen molar-refractivity contribution in [2.45, 2.75) is 58.4 Å². The van der Waals surface area contributed by atoms with Gasteiger partial charge in [-0.2, -0.15) is 0 Å². The molecule has 1 aromatic heterocycles. The van der Waals surface area contributed by atoms with Gasteiger partial charge in [0.05, 0.1) is 0 Å². The van der Waals surface area contributed by atoms with Gasteiger partial charge in [-0.3, -0.25) is 4.79 Å². The van der Waals surface area contributed by atoms with E-state index in [1.54, 1.807) is 0 Å². The SMILES string of the molecule is CCCCCC(C)NC(=O)c1sc(N2CCCC2)nc1N. The third kappa shape index (κ3) is 4.33. The summed E-state index contributed by atoms with van der Waals surface area (Å²) in [6.45, 7) is 6.26. The zero-order valence-corrected chi connectivity index (χ0v) is 13.8. The molecule has 1 aromatic rings. The summed E-state index contributed by atoms with van der Waals surface area (Å²) in [6, 6.07) is 0.181. The number of carbonyl (C=O) groups excluding carboxylic acids is 1. The van der Waals surface area contributed by atoms with Gasteiger partial charge in [0, 0.05) is 19.1 Å². The van der Waals surface area contributed by atoms with Gasteiger partial charge in [-0.25, -0.2) is 4.98 Å². The number of thiazole rings is 1. The summed E-state index contributed by atoms with van der Waals surface area (Å²) >= 11 is 1.41. The molecule has 5 nitrogen and oxygen atoms in total. The largest absolute Gasteiger partial charge is 0.382 e. The van der Waals surface area contributed by atoms with Crippen molar-refractivity contribution in [3.8, 4) is 0 Å². The van der Waals surface area contributed by atoms with Crippen molar-refractivity contribution in [1.29, 1.82) is 0 Å². The van der Waals surface area contributed by atoms with Crippen LogP contribution in [-0.4, -0.2) is 30.0 Å². The summed E-state index contributed by atoms with van der Waals surface area (Å²) in [5, 5.41) is 3.92. The van der Waals surface area contributed by atoms with Crippen LogP contribution in [0.25, 0.3) is 0 Å². The predicted octanol–water partition coefficient (Wildman–Crippen LogP) is 3.02. The minimum atomic E-state index is -0.0838. The van der Waals surface area contributed by atoms with Gasteiger partial charge in [0.15, 0.2) is 5.13 Å². The van der Waals surface area contributed by atoms with E-state index in [1.807, 2.05) is 6.92 Å². The molecular formula is C15H26N4OS. The predicted molar refractivity (Wildman–Crippen MR) is 89.0 cm³/mol. The Labute approximate surface area is 130 Å². The van der Waals surface area contributed by atoms with Gasteiger partial charge in [0.1, 0.15) is 10.7 Å². The molecule has 3 N–H and O–H groups in total. The summed E-state index contributed by atoms with van der Waals surface area (Å²) < 4.78 is 0. The fraction of sp³-hybridized carbons (Fsp3) is 0.733. The molecule has 0 bridgehead atoms. The molecule has 21 heavy (non-hydrogen) atoms. The van der Waals surface area contributed by atoms with Gasteiger partial charge >= 0.3 is 0 Å². The Morgan fingerprint density at radius 2 is 2.14 bits per heavy atom. The van der Waals surface area contributed by atoms with Gasteiger partial charge in [0.25, 0.3) is 5.91 Å². The highest BCUT2D eigenvalue weighted by atomic mass is 32.1. The Kier molecular flexibility index (Phi) is 5.85. The van der Waals surface area contributed by atoms with Crippen LogP contribution >= 0.6 is 11.3 Å². The van der Waals surface area contributed by atoms with Gasteiger partial charge < -0.3 is 16.0 Å². The third-order valence-corrected chi connectivity index (χ3v) is 4.97. The highest BCUT2D eigenvalue weighted by Crippen LogP contribution is 2.30. The molecule has 118 valence electrons. The van der Waals surface area contributed by atoms with Crippen LogP contribution in [0.1, 0.15) is 62.0 Å². The first-order valence-electron chi connectivity index (χ1n) is 7.94. The van der Waals surface area contributed by atoms with Crippen molar-refractivity contribution in [3.63, 3.8) is 0 Å². The molecule has 0 spiro atoms. The maximum Gasteiger partial charge on any atom is 0.265 e. The topological polar surface area (TPSA) is 71.2 Å². The molecule has 6 heteroatoms. The number of nitrogens with two attached hydrogens (primary N) is 1. The third-order valence-electron chi connectivity index (χ3n) is 3.84. The van der Waals surface area contributed by atoms with E-state index in [2.05, 4.69) is 22.1 Å².